The molecule has 0 unspecified atom stereocenters. The van der Waals surface area contributed by atoms with Crippen LogP contribution in [0.2, 0.25) is 0 Å². The fraction of sp³-hybridized carbons (Fsp3) is 0.500. The minimum atomic E-state index is -1.55. The maximum absolute atomic E-state index is 13.6. The lowest BCUT2D eigenvalue weighted by Crippen LogP contribution is -2.45. The summed E-state index contributed by atoms with van der Waals surface area (Å²) in [6.07, 6.45) is -0.488. The van der Waals surface area contributed by atoms with E-state index >= 15 is 0 Å². The molecule has 134 valence electrons. The normalized spacial score (nSPS) is 12.6. The minimum Gasteiger partial charge on any atom is -0.480 e. The largest absolute Gasteiger partial charge is 0.480 e. The molecule has 0 saturated heterocycles. The van der Waals surface area contributed by atoms with E-state index in [-0.39, 0.29) is 5.56 Å². The summed E-state index contributed by atoms with van der Waals surface area (Å²) in [5, 5.41) is 11.3. The summed E-state index contributed by atoms with van der Waals surface area (Å²) >= 11 is 0. The van der Waals surface area contributed by atoms with Crippen LogP contribution in [0, 0.1) is 17.5 Å². The first kappa shape index (κ1) is 19.8. The molecule has 1 aromatic carbocycles. The Hall–Kier alpha value is -2.25. The van der Waals surface area contributed by atoms with Gasteiger partial charge in [0.15, 0.2) is 11.6 Å². The summed E-state index contributed by atoms with van der Waals surface area (Å²) in [6.45, 7) is 5.31. The first-order chi connectivity index (χ1) is 11.1. The average molecular weight is 347 g/mol. The predicted molar refractivity (Wildman–Crippen MR) is 80.0 cm³/mol. The van der Waals surface area contributed by atoms with E-state index in [9.17, 15) is 22.8 Å². The van der Waals surface area contributed by atoms with E-state index in [0.29, 0.717) is 25.0 Å². The van der Waals surface area contributed by atoms with Gasteiger partial charge in [0.05, 0.1) is 0 Å². The summed E-state index contributed by atoms with van der Waals surface area (Å²) in [4.78, 5) is 23.1. The summed E-state index contributed by atoms with van der Waals surface area (Å²) in [5.41, 5.74) is -1.13. The zero-order chi connectivity index (χ0) is 18.5. The molecule has 0 aliphatic rings. The van der Waals surface area contributed by atoms with Gasteiger partial charge in [0.1, 0.15) is 17.5 Å². The van der Waals surface area contributed by atoms with Gasteiger partial charge in [0.2, 0.25) is 0 Å². The van der Waals surface area contributed by atoms with Crippen molar-refractivity contribution >= 4 is 12.1 Å². The Morgan fingerprint density at radius 1 is 1.17 bits per heavy atom. The van der Waals surface area contributed by atoms with Crippen molar-refractivity contribution in [2.45, 2.75) is 51.7 Å². The van der Waals surface area contributed by atoms with Crippen molar-refractivity contribution in [2.75, 3.05) is 0 Å². The number of amides is 1. The van der Waals surface area contributed by atoms with E-state index in [2.05, 4.69) is 5.32 Å². The van der Waals surface area contributed by atoms with Gasteiger partial charge in [0, 0.05) is 12.5 Å². The van der Waals surface area contributed by atoms with Crippen molar-refractivity contribution in [3.8, 4) is 0 Å². The zero-order valence-electron chi connectivity index (χ0n) is 13.7. The first-order valence-electron chi connectivity index (χ1n) is 7.47. The third-order valence-electron chi connectivity index (χ3n) is 3.94. The molecular weight excluding hydrogens is 327 g/mol. The first-order valence-corrected chi connectivity index (χ1v) is 7.47. The molecule has 0 bridgehead atoms. The highest BCUT2D eigenvalue weighted by atomic mass is 19.2. The van der Waals surface area contributed by atoms with Crippen LogP contribution in [0.15, 0.2) is 12.1 Å². The minimum absolute atomic E-state index is 0.327. The zero-order valence-corrected chi connectivity index (χ0v) is 13.7. The molecule has 5 nitrogen and oxygen atoms in total. The molecule has 1 amide bonds. The molecule has 0 saturated carbocycles. The van der Waals surface area contributed by atoms with Gasteiger partial charge >= 0.3 is 12.1 Å². The standard InChI is InChI=1S/C16H20F3NO4/c1-4-16(3,5-2)24-15(23)20-13(14(21)22)7-9-6-11(18)12(19)8-10(9)17/h6,8,13H,4-5,7H2,1-3H3,(H,20,23)(H,21,22)/t13-/m1/s1. The molecule has 1 atom stereocenters. The van der Waals surface area contributed by atoms with Gasteiger partial charge in [-0.3, -0.25) is 0 Å². The van der Waals surface area contributed by atoms with Crippen molar-refractivity contribution in [3.05, 3.63) is 35.1 Å². The summed E-state index contributed by atoms with van der Waals surface area (Å²) in [5.74, 6) is -5.23. The molecule has 0 radical (unpaired) electrons. The number of alkyl carbamates (subject to hydrolysis) is 1. The Labute approximate surface area is 137 Å². The fourth-order valence-corrected chi connectivity index (χ4v) is 1.93. The van der Waals surface area contributed by atoms with Crippen LogP contribution in [-0.2, 0) is 16.0 Å². The number of aliphatic carboxylic acids is 1. The topological polar surface area (TPSA) is 75.6 Å². The predicted octanol–water partition coefficient (Wildman–Crippen LogP) is 3.40. The lowest BCUT2D eigenvalue weighted by atomic mass is 10.0. The average Bonchev–Trinajstić information content (AvgIpc) is 2.51. The van der Waals surface area contributed by atoms with Crippen molar-refractivity contribution in [3.63, 3.8) is 0 Å². The number of carbonyl (C=O) groups excluding carboxylic acids is 1. The lowest BCUT2D eigenvalue weighted by Gasteiger charge is -2.27. The molecule has 0 heterocycles. The quantitative estimate of drug-likeness (QED) is 0.741. The van der Waals surface area contributed by atoms with E-state index in [1.807, 2.05) is 13.8 Å². The van der Waals surface area contributed by atoms with Gasteiger partial charge in [-0.15, -0.1) is 0 Å². The smallest absolute Gasteiger partial charge is 0.408 e. The Balaban J connectivity index is 2.87. The molecule has 0 aromatic heterocycles. The number of nitrogens with one attached hydrogen (secondary N) is 1. The number of hydrogen-bond donors (Lipinski definition) is 2. The molecule has 8 heteroatoms. The van der Waals surface area contributed by atoms with Crippen LogP contribution in [-0.4, -0.2) is 28.8 Å². The van der Waals surface area contributed by atoms with Gasteiger partial charge < -0.3 is 15.2 Å². The van der Waals surface area contributed by atoms with Crippen LogP contribution in [0.25, 0.3) is 0 Å². The molecular formula is C16H20F3NO4. The summed E-state index contributed by atoms with van der Waals surface area (Å²) < 4.78 is 44.9. The Kier molecular flexibility index (Phi) is 6.62. The third kappa shape index (κ3) is 5.14. The van der Waals surface area contributed by atoms with Crippen molar-refractivity contribution in [1.29, 1.82) is 0 Å². The lowest BCUT2D eigenvalue weighted by molar-refractivity contribution is -0.139. The van der Waals surface area contributed by atoms with Crippen molar-refractivity contribution < 1.29 is 32.6 Å². The van der Waals surface area contributed by atoms with Crippen LogP contribution in [0.5, 0.6) is 0 Å². The molecule has 24 heavy (non-hydrogen) atoms. The second-order valence-corrected chi connectivity index (χ2v) is 5.64. The van der Waals surface area contributed by atoms with Crippen molar-refractivity contribution in [1.82, 2.24) is 5.32 Å². The van der Waals surface area contributed by atoms with E-state index in [1.165, 1.54) is 0 Å². The number of benzene rings is 1. The van der Waals surface area contributed by atoms with Crippen LogP contribution in [0.1, 0.15) is 39.2 Å². The highest BCUT2D eigenvalue weighted by molar-refractivity contribution is 5.80. The molecule has 1 aromatic rings. The Morgan fingerprint density at radius 3 is 2.21 bits per heavy atom. The number of carboxylic acid groups (broad SMARTS) is 1. The second kappa shape index (κ2) is 8.03. The number of halogens is 3. The molecule has 0 spiro atoms. The molecule has 0 aliphatic carbocycles. The van der Waals surface area contributed by atoms with Gasteiger partial charge in [-0.05, 0) is 31.4 Å². The molecule has 2 N–H and O–H groups in total. The fourth-order valence-electron chi connectivity index (χ4n) is 1.93. The molecule has 0 aliphatic heterocycles. The monoisotopic (exact) mass is 347 g/mol. The van der Waals surface area contributed by atoms with Crippen LogP contribution in [0.3, 0.4) is 0 Å². The van der Waals surface area contributed by atoms with Gasteiger partial charge in [0.25, 0.3) is 0 Å². The highest BCUT2D eigenvalue weighted by Gasteiger charge is 2.28. The summed E-state index contributed by atoms with van der Waals surface area (Å²) in [7, 11) is 0. The highest BCUT2D eigenvalue weighted by Crippen LogP contribution is 2.20. The number of rotatable bonds is 7. The van der Waals surface area contributed by atoms with Crippen LogP contribution >= 0.6 is 0 Å². The van der Waals surface area contributed by atoms with E-state index in [1.54, 1.807) is 6.92 Å². The number of ether oxygens (including phenoxy) is 1. The summed E-state index contributed by atoms with van der Waals surface area (Å²) in [6, 6.07) is -0.655. The maximum Gasteiger partial charge on any atom is 0.408 e. The SMILES string of the molecule is CCC(C)(CC)OC(=O)N[C@H](Cc1cc(F)c(F)cc1F)C(=O)O. The van der Waals surface area contributed by atoms with Gasteiger partial charge in [-0.2, -0.15) is 0 Å². The third-order valence-corrected chi connectivity index (χ3v) is 3.94. The van der Waals surface area contributed by atoms with Crippen LogP contribution in [0.4, 0.5) is 18.0 Å². The van der Waals surface area contributed by atoms with Gasteiger partial charge in [-0.25, -0.2) is 22.8 Å². The Morgan fingerprint density at radius 2 is 1.71 bits per heavy atom. The van der Waals surface area contributed by atoms with E-state index < -0.39 is 47.6 Å². The molecule has 1 rings (SSSR count). The molecule has 0 fully saturated rings. The second-order valence-electron chi connectivity index (χ2n) is 5.64. The number of carboxylic acids is 1. The number of hydrogen-bond acceptors (Lipinski definition) is 3. The van der Waals surface area contributed by atoms with Gasteiger partial charge in [-0.1, -0.05) is 13.8 Å². The number of carbonyl (C=O) groups is 2. The van der Waals surface area contributed by atoms with Crippen LogP contribution < -0.4 is 5.32 Å². The maximum atomic E-state index is 13.6. The Bertz CT molecular complexity index is 618. The van der Waals surface area contributed by atoms with E-state index in [0.717, 1.165) is 0 Å². The van der Waals surface area contributed by atoms with E-state index in [4.69, 9.17) is 9.84 Å². The van der Waals surface area contributed by atoms with Crippen molar-refractivity contribution in [2.24, 2.45) is 0 Å².